The minimum atomic E-state index is 0.519. The number of ether oxygens (including phenoxy) is 1. The van der Waals surface area contributed by atoms with Crippen LogP contribution >= 0.6 is 11.6 Å². The molecule has 0 saturated carbocycles. The van der Waals surface area contributed by atoms with Gasteiger partial charge in [-0.05, 0) is 30.3 Å². The zero-order valence-corrected chi connectivity index (χ0v) is 12.7. The number of para-hydroxylation sites is 1. The summed E-state index contributed by atoms with van der Waals surface area (Å²) in [6.45, 7) is 0. The summed E-state index contributed by atoms with van der Waals surface area (Å²) in [6, 6.07) is 15.1. The minimum Gasteiger partial charge on any atom is -0.456 e. The van der Waals surface area contributed by atoms with Gasteiger partial charge in [0, 0.05) is 11.8 Å². The lowest BCUT2D eigenvalue weighted by atomic mass is 10.1. The van der Waals surface area contributed by atoms with Gasteiger partial charge in [0.2, 0.25) is 0 Å². The molecule has 0 aliphatic carbocycles. The molecule has 0 aliphatic rings. The Kier molecular flexibility index (Phi) is 3.40. The summed E-state index contributed by atoms with van der Waals surface area (Å²) < 4.78 is 5.79. The van der Waals surface area contributed by atoms with Gasteiger partial charge in [-0.1, -0.05) is 29.8 Å². The zero-order chi connectivity index (χ0) is 15.6. The molecule has 0 fully saturated rings. The quantitative estimate of drug-likeness (QED) is 0.604. The third kappa shape index (κ3) is 2.62. The van der Waals surface area contributed by atoms with Crippen molar-refractivity contribution in [1.82, 2.24) is 20.2 Å². The van der Waals surface area contributed by atoms with Crippen molar-refractivity contribution in [3.05, 3.63) is 66.1 Å². The van der Waals surface area contributed by atoms with E-state index >= 15 is 0 Å². The van der Waals surface area contributed by atoms with E-state index in [1.165, 1.54) is 6.33 Å². The van der Waals surface area contributed by atoms with Crippen LogP contribution in [0.3, 0.4) is 0 Å². The highest BCUT2D eigenvalue weighted by Gasteiger charge is 2.11. The van der Waals surface area contributed by atoms with Crippen LogP contribution in [0.5, 0.6) is 11.5 Å². The highest BCUT2D eigenvalue weighted by atomic mass is 35.5. The SMILES string of the molecule is Clc1cc(-c2[nH]nc3ncncc23)ccc1Oc1ccccc1. The summed E-state index contributed by atoms with van der Waals surface area (Å²) in [5.74, 6) is 1.34. The van der Waals surface area contributed by atoms with E-state index in [0.717, 1.165) is 22.4 Å². The molecule has 0 aliphatic heterocycles. The topological polar surface area (TPSA) is 63.7 Å². The number of halogens is 1. The van der Waals surface area contributed by atoms with Gasteiger partial charge in [0.1, 0.15) is 17.8 Å². The lowest BCUT2D eigenvalue weighted by Gasteiger charge is -2.08. The second-order valence-corrected chi connectivity index (χ2v) is 5.33. The van der Waals surface area contributed by atoms with Crippen LogP contribution in [0.4, 0.5) is 0 Å². The van der Waals surface area contributed by atoms with E-state index in [9.17, 15) is 0 Å². The van der Waals surface area contributed by atoms with Crippen molar-refractivity contribution >= 4 is 22.6 Å². The number of nitrogens with zero attached hydrogens (tertiary/aromatic N) is 3. The molecule has 23 heavy (non-hydrogen) atoms. The summed E-state index contributed by atoms with van der Waals surface area (Å²) in [6.07, 6.45) is 3.19. The van der Waals surface area contributed by atoms with Crippen molar-refractivity contribution in [2.45, 2.75) is 0 Å². The van der Waals surface area contributed by atoms with Crippen molar-refractivity contribution in [3.8, 4) is 22.8 Å². The number of hydrogen-bond donors (Lipinski definition) is 1. The maximum Gasteiger partial charge on any atom is 0.184 e. The maximum atomic E-state index is 6.36. The first-order valence-electron chi connectivity index (χ1n) is 6.98. The summed E-state index contributed by atoms with van der Waals surface area (Å²) in [7, 11) is 0. The zero-order valence-electron chi connectivity index (χ0n) is 11.9. The van der Waals surface area contributed by atoms with Crippen molar-refractivity contribution in [1.29, 1.82) is 0 Å². The molecule has 4 rings (SSSR count). The summed E-state index contributed by atoms with van der Waals surface area (Å²) in [5, 5.41) is 8.51. The number of nitrogens with one attached hydrogen (secondary N) is 1. The third-order valence-electron chi connectivity index (χ3n) is 3.43. The lowest BCUT2D eigenvalue weighted by molar-refractivity contribution is 0.483. The van der Waals surface area contributed by atoms with Crippen LogP contribution in [-0.2, 0) is 0 Å². The van der Waals surface area contributed by atoms with E-state index in [-0.39, 0.29) is 0 Å². The standard InChI is InChI=1S/C17H11ClN4O/c18-14-8-11(16-13-9-19-10-20-17(13)22-21-16)6-7-15(14)23-12-4-2-1-3-5-12/h1-10H,(H,19,20,21,22). The molecule has 2 aromatic carbocycles. The van der Waals surface area contributed by atoms with E-state index < -0.39 is 0 Å². The van der Waals surface area contributed by atoms with E-state index in [0.29, 0.717) is 16.4 Å². The Labute approximate surface area is 136 Å². The molecule has 6 heteroatoms. The van der Waals surface area contributed by atoms with Crippen LogP contribution in [0.2, 0.25) is 5.02 Å². The Morgan fingerprint density at radius 1 is 1.04 bits per heavy atom. The minimum absolute atomic E-state index is 0.519. The summed E-state index contributed by atoms with van der Waals surface area (Å²) in [5.41, 5.74) is 2.34. The predicted molar refractivity (Wildman–Crippen MR) is 88.6 cm³/mol. The van der Waals surface area contributed by atoms with Crippen LogP contribution in [0.1, 0.15) is 0 Å². The molecular weight excluding hydrogens is 312 g/mol. The Bertz CT molecular complexity index is 969. The van der Waals surface area contributed by atoms with Gasteiger partial charge in [-0.3, -0.25) is 5.10 Å². The molecule has 1 N–H and O–H groups in total. The first-order valence-corrected chi connectivity index (χ1v) is 7.36. The molecule has 0 radical (unpaired) electrons. The summed E-state index contributed by atoms with van der Waals surface area (Å²) in [4.78, 5) is 8.15. The second-order valence-electron chi connectivity index (χ2n) is 4.92. The summed E-state index contributed by atoms with van der Waals surface area (Å²) >= 11 is 6.36. The van der Waals surface area contributed by atoms with Crippen molar-refractivity contribution < 1.29 is 4.74 Å². The maximum absolute atomic E-state index is 6.36. The number of benzene rings is 2. The molecule has 112 valence electrons. The van der Waals surface area contributed by atoms with Gasteiger partial charge < -0.3 is 4.74 Å². The molecule has 0 amide bonds. The van der Waals surface area contributed by atoms with E-state index in [1.54, 1.807) is 6.20 Å². The van der Waals surface area contributed by atoms with Gasteiger partial charge in [-0.25, -0.2) is 9.97 Å². The van der Waals surface area contributed by atoms with Crippen LogP contribution in [0.15, 0.2) is 61.1 Å². The molecule has 4 aromatic rings. The number of H-pyrrole nitrogens is 1. The molecular formula is C17H11ClN4O. The third-order valence-corrected chi connectivity index (χ3v) is 3.72. The molecule has 0 spiro atoms. The molecule has 0 saturated heterocycles. The van der Waals surface area contributed by atoms with Gasteiger partial charge in [-0.2, -0.15) is 5.10 Å². The van der Waals surface area contributed by atoms with E-state index in [1.807, 2.05) is 48.5 Å². The fourth-order valence-corrected chi connectivity index (χ4v) is 2.55. The molecule has 0 atom stereocenters. The monoisotopic (exact) mass is 322 g/mol. The van der Waals surface area contributed by atoms with Crippen LogP contribution < -0.4 is 4.74 Å². The number of aromatic amines is 1. The first-order chi connectivity index (χ1) is 11.3. The van der Waals surface area contributed by atoms with E-state index in [4.69, 9.17) is 16.3 Å². The molecule has 2 aromatic heterocycles. The predicted octanol–water partition coefficient (Wildman–Crippen LogP) is 4.47. The average Bonchev–Trinajstić information content (AvgIpc) is 3.02. The largest absolute Gasteiger partial charge is 0.456 e. The Hall–Kier alpha value is -2.92. The fraction of sp³-hybridized carbons (Fsp3) is 0. The van der Waals surface area contributed by atoms with Gasteiger partial charge >= 0.3 is 0 Å². The Morgan fingerprint density at radius 2 is 1.91 bits per heavy atom. The number of hydrogen-bond acceptors (Lipinski definition) is 4. The van der Waals surface area contributed by atoms with Crippen molar-refractivity contribution in [2.24, 2.45) is 0 Å². The normalized spacial score (nSPS) is 10.8. The number of fused-ring (bicyclic) bond motifs is 1. The van der Waals surface area contributed by atoms with Gasteiger partial charge in [0.15, 0.2) is 5.65 Å². The number of rotatable bonds is 3. The van der Waals surface area contributed by atoms with Gasteiger partial charge in [0.25, 0.3) is 0 Å². The first kappa shape index (κ1) is 13.7. The molecule has 0 bridgehead atoms. The highest BCUT2D eigenvalue weighted by molar-refractivity contribution is 6.32. The Balaban J connectivity index is 1.71. The van der Waals surface area contributed by atoms with Crippen LogP contribution in [0.25, 0.3) is 22.3 Å². The average molecular weight is 323 g/mol. The van der Waals surface area contributed by atoms with Crippen molar-refractivity contribution in [3.63, 3.8) is 0 Å². The lowest BCUT2D eigenvalue weighted by Crippen LogP contribution is -1.86. The molecule has 2 heterocycles. The van der Waals surface area contributed by atoms with Gasteiger partial charge in [-0.15, -0.1) is 0 Å². The second kappa shape index (κ2) is 5.70. The van der Waals surface area contributed by atoms with E-state index in [2.05, 4.69) is 20.2 Å². The van der Waals surface area contributed by atoms with Crippen LogP contribution in [-0.4, -0.2) is 20.2 Å². The Morgan fingerprint density at radius 3 is 2.74 bits per heavy atom. The number of aromatic nitrogens is 4. The smallest absolute Gasteiger partial charge is 0.184 e. The van der Waals surface area contributed by atoms with Crippen molar-refractivity contribution in [2.75, 3.05) is 0 Å². The molecule has 5 nitrogen and oxygen atoms in total. The highest BCUT2D eigenvalue weighted by Crippen LogP contribution is 2.34. The van der Waals surface area contributed by atoms with Gasteiger partial charge in [0.05, 0.1) is 16.1 Å². The fourth-order valence-electron chi connectivity index (χ4n) is 2.33. The molecule has 0 unspecified atom stereocenters. The van der Waals surface area contributed by atoms with Crippen LogP contribution in [0, 0.1) is 0 Å².